The van der Waals surface area contributed by atoms with Gasteiger partial charge in [0.2, 0.25) is 0 Å². The topological polar surface area (TPSA) is 50.7 Å². The van der Waals surface area contributed by atoms with Crippen molar-refractivity contribution in [1.82, 2.24) is 5.43 Å². The van der Waals surface area contributed by atoms with Gasteiger partial charge < -0.3 is 4.74 Å². The minimum absolute atomic E-state index is 0.329. The lowest BCUT2D eigenvalue weighted by Gasteiger charge is -2.12. The molecule has 0 radical (unpaired) electrons. The first kappa shape index (κ1) is 16.8. The van der Waals surface area contributed by atoms with E-state index in [9.17, 15) is 4.79 Å². The Kier molecular flexibility index (Phi) is 6.39. The average molecular weight is 329 g/mol. The summed E-state index contributed by atoms with van der Waals surface area (Å²) in [5, 5.41) is 4.47. The van der Waals surface area contributed by atoms with Crippen molar-refractivity contribution < 1.29 is 9.53 Å². The SMILES string of the molecule is C[C@@H](Oc1ccc(Cl)cc1)C(=O)N/N=C\C=C\c1ccccc1. The van der Waals surface area contributed by atoms with Crippen LogP contribution in [-0.2, 0) is 4.79 Å². The molecule has 1 amide bonds. The largest absolute Gasteiger partial charge is 0.481 e. The maximum absolute atomic E-state index is 11.8. The van der Waals surface area contributed by atoms with Gasteiger partial charge in [-0.3, -0.25) is 4.79 Å². The van der Waals surface area contributed by atoms with Crippen LogP contribution in [0.25, 0.3) is 6.08 Å². The molecule has 0 saturated carbocycles. The number of carbonyl (C=O) groups is 1. The van der Waals surface area contributed by atoms with Crippen LogP contribution in [0.4, 0.5) is 0 Å². The second-order valence-electron chi connectivity index (χ2n) is 4.74. The van der Waals surface area contributed by atoms with E-state index in [0.717, 1.165) is 5.56 Å². The van der Waals surface area contributed by atoms with Crippen LogP contribution >= 0.6 is 11.6 Å². The van der Waals surface area contributed by atoms with Gasteiger partial charge in [0.05, 0.1) is 0 Å². The van der Waals surface area contributed by atoms with E-state index in [0.29, 0.717) is 10.8 Å². The van der Waals surface area contributed by atoms with Crippen LogP contribution in [0.3, 0.4) is 0 Å². The fourth-order valence-corrected chi connectivity index (χ4v) is 1.85. The van der Waals surface area contributed by atoms with E-state index >= 15 is 0 Å². The Morgan fingerprint density at radius 2 is 1.87 bits per heavy atom. The molecule has 0 aromatic heterocycles. The van der Waals surface area contributed by atoms with E-state index in [-0.39, 0.29) is 5.91 Å². The van der Waals surface area contributed by atoms with Gasteiger partial charge in [-0.25, -0.2) is 5.43 Å². The van der Waals surface area contributed by atoms with Crippen molar-refractivity contribution in [1.29, 1.82) is 0 Å². The molecule has 2 aromatic carbocycles. The van der Waals surface area contributed by atoms with Gasteiger partial charge >= 0.3 is 0 Å². The third-order valence-electron chi connectivity index (χ3n) is 2.92. The van der Waals surface area contributed by atoms with Gasteiger partial charge in [0.1, 0.15) is 5.75 Å². The van der Waals surface area contributed by atoms with Crippen molar-refractivity contribution in [2.24, 2.45) is 5.10 Å². The lowest BCUT2D eigenvalue weighted by Crippen LogP contribution is -2.33. The fraction of sp³-hybridized carbons (Fsp3) is 0.111. The molecular formula is C18H17ClN2O2. The van der Waals surface area contributed by atoms with Crippen LogP contribution in [0, 0.1) is 0 Å². The zero-order valence-electron chi connectivity index (χ0n) is 12.6. The van der Waals surface area contributed by atoms with Crippen LogP contribution in [0.1, 0.15) is 12.5 Å². The van der Waals surface area contributed by atoms with Crippen LogP contribution < -0.4 is 10.2 Å². The molecule has 4 nitrogen and oxygen atoms in total. The molecule has 1 N–H and O–H groups in total. The summed E-state index contributed by atoms with van der Waals surface area (Å²) in [6.45, 7) is 1.65. The monoisotopic (exact) mass is 328 g/mol. The Morgan fingerprint density at radius 1 is 1.17 bits per heavy atom. The number of amides is 1. The van der Waals surface area contributed by atoms with Gasteiger partial charge in [-0.2, -0.15) is 5.10 Å². The molecule has 2 rings (SSSR count). The number of rotatable bonds is 6. The number of hydrazone groups is 1. The summed E-state index contributed by atoms with van der Waals surface area (Å²) in [4.78, 5) is 11.8. The first-order valence-electron chi connectivity index (χ1n) is 7.12. The minimum Gasteiger partial charge on any atom is -0.481 e. The Labute approximate surface area is 140 Å². The lowest BCUT2D eigenvalue weighted by atomic mass is 10.2. The molecule has 0 fully saturated rings. The van der Waals surface area contributed by atoms with Gasteiger partial charge in [0, 0.05) is 11.2 Å². The first-order chi connectivity index (χ1) is 11.1. The van der Waals surface area contributed by atoms with E-state index in [1.807, 2.05) is 36.4 Å². The molecular weight excluding hydrogens is 312 g/mol. The van der Waals surface area contributed by atoms with Gasteiger partial charge in [-0.15, -0.1) is 0 Å². The molecule has 118 valence electrons. The van der Waals surface area contributed by atoms with Crippen molar-refractivity contribution in [3.63, 3.8) is 0 Å². The molecule has 0 aliphatic heterocycles. The zero-order valence-corrected chi connectivity index (χ0v) is 13.4. The Balaban J connectivity index is 1.78. The van der Waals surface area contributed by atoms with E-state index in [2.05, 4.69) is 10.5 Å². The minimum atomic E-state index is -0.661. The van der Waals surface area contributed by atoms with Crippen molar-refractivity contribution in [2.75, 3.05) is 0 Å². The van der Waals surface area contributed by atoms with Gasteiger partial charge in [-0.1, -0.05) is 48.0 Å². The number of carbonyl (C=O) groups excluding carboxylic acids is 1. The standard InChI is InChI=1S/C18H17ClN2O2/c1-14(23-17-11-9-16(19)10-12-17)18(22)21-20-13-5-8-15-6-3-2-4-7-15/h2-14H,1H3,(H,21,22)/b8-5+,20-13-/t14-/m1/s1. The molecule has 2 aromatic rings. The molecule has 1 atom stereocenters. The smallest absolute Gasteiger partial charge is 0.280 e. The molecule has 0 aliphatic carbocycles. The average Bonchev–Trinajstić information content (AvgIpc) is 2.57. The highest BCUT2D eigenvalue weighted by Gasteiger charge is 2.13. The summed E-state index contributed by atoms with van der Waals surface area (Å²) in [5.74, 6) is 0.245. The second-order valence-corrected chi connectivity index (χ2v) is 5.17. The number of hydrogen-bond donors (Lipinski definition) is 1. The Bertz CT molecular complexity index is 682. The number of hydrogen-bond acceptors (Lipinski definition) is 3. The third-order valence-corrected chi connectivity index (χ3v) is 3.17. The molecule has 23 heavy (non-hydrogen) atoms. The van der Waals surface area contributed by atoms with Gasteiger partial charge in [0.25, 0.3) is 5.91 Å². The second kappa shape index (κ2) is 8.76. The van der Waals surface area contributed by atoms with Crippen LogP contribution in [-0.4, -0.2) is 18.2 Å². The molecule has 0 unspecified atom stereocenters. The van der Waals surface area contributed by atoms with E-state index < -0.39 is 6.10 Å². The summed E-state index contributed by atoms with van der Waals surface area (Å²) in [6, 6.07) is 16.6. The van der Waals surface area contributed by atoms with Crippen LogP contribution in [0.15, 0.2) is 65.8 Å². The maximum Gasteiger partial charge on any atom is 0.280 e. The summed E-state index contributed by atoms with van der Waals surface area (Å²) in [5.41, 5.74) is 3.49. The van der Waals surface area contributed by atoms with Crippen LogP contribution in [0.2, 0.25) is 5.02 Å². The molecule has 0 spiro atoms. The first-order valence-corrected chi connectivity index (χ1v) is 7.50. The zero-order chi connectivity index (χ0) is 16.5. The van der Waals surface area contributed by atoms with Crippen LogP contribution in [0.5, 0.6) is 5.75 Å². The quantitative estimate of drug-likeness (QED) is 0.645. The number of allylic oxidation sites excluding steroid dienone is 1. The highest BCUT2D eigenvalue weighted by Crippen LogP contribution is 2.16. The normalized spacial score (nSPS) is 12.4. The summed E-state index contributed by atoms with van der Waals surface area (Å²) in [6.07, 6.45) is 4.50. The molecule has 0 aliphatic rings. The van der Waals surface area contributed by atoms with Gasteiger partial charge in [-0.05, 0) is 42.8 Å². The van der Waals surface area contributed by atoms with E-state index in [4.69, 9.17) is 16.3 Å². The van der Waals surface area contributed by atoms with Crippen molar-refractivity contribution in [2.45, 2.75) is 13.0 Å². The summed E-state index contributed by atoms with van der Waals surface area (Å²) in [7, 11) is 0. The van der Waals surface area contributed by atoms with Crippen molar-refractivity contribution >= 4 is 29.8 Å². The number of nitrogens with one attached hydrogen (secondary N) is 1. The fourth-order valence-electron chi connectivity index (χ4n) is 1.72. The molecule has 0 saturated heterocycles. The maximum atomic E-state index is 11.8. The molecule has 0 heterocycles. The van der Waals surface area contributed by atoms with Gasteiger partial charge in [0.15, 0.2) is 6.10 Å². The Hall–Kier alpha value is -2.59. The number of nitrogens with zero attached hydrogens (tertiary/aromatic N) is 1. The van der Waals surface area contributed by atoms with E-state index in [1.165, 1.54) is 6.21 Å². The third kappa shape index (κ3) is 5.96. The molecule has 0 bridgehead atoms. The highest BCUT2D eigenvalue weighted by atomic mass is 35.5. The number of benzene rings is 2. The number of ether oxygens (including phenoxy) is 1. The summed E-state index contributed by atoms with van der Waals surface area (Å²) < 4.78 is 5.49. The van der Waals surface area contributed by atoms with Crippen molar-refractivity contribution in [3.05, 3.63) is 71.3 Å². The predicted molar refractivity (Wildman–Crippen MR) is 93.7 cm³/mol. The number of halogens is 1. The van der Waals surface area contributed by atoms with Crippen molar-refractivity contribution in [3.8, 4) is 5.75 Å². The molecule has 5 heteroatoms. The lowest BCUT2D eigenvalue weighted by molar-refractivity contribution is -0.127. The Morgan fingerprint density at radius 3 is 2.57 bits per heavy atom. The summed E-state index contributed by atoms with van der Waals surface area (Å²) >= 11 is 5.79. The van der Waals surface area contributed by atoms with E-state index in [1.54, 1.807) is 37.3 Å². The predicted octanol–water partition coefficient (Wildman–Crippen LogP) is 3.92. The highest BCUT2D eigenvalue weighted by molar-refractivity contribution is 6.30.